The number of hydrogen-bond acceptors (Lipinski definition) is 3. The summed E-state index contributed by atoms with van der Waals surface area (Å²) in [4.78, 5) is 26.2. The maximum Gasteiger partial charge on any atom is 0.237 e. The molecule has 0 aromatic rings. The molecular weight excluding hydrogens is 314 g/mol. The number of hydrogen-bond donors (Lipinski definition) is 2. The van der Waals surface area contributed by atoms with Gasteiger partial charge >= 0.3 is 0 Å². The van der Waals surface area contributed by atoms with E-state index in [-0.39, 0.29) is 30.3 Å². The van der Waals surface area contributed by atoms with E-state index in [1.807, 2.05) is 4.90 Å². The minimum absolute atomic E-state index is 0. The second-order valence-corrected chi connectivity index (χ2v) is 7.17. The van der Waals surface area contributed by atoms with Crippen LogP contribution in [0.2, 0.25) is 0 Å². The monoisotopic (exact) mass is 345 g/mol. The zero-order chi connectivity index (χ0) is 15.9. The molecule has 0 aromatic heterocycles. The van der Waals surface area contributed by atoms with Gasteiger partial charge in [0.15, 0.2) is 0 Å². The molecule has 2 amide bonds. The minimum atomic E-state index is -0.00707. The molecule has 2 aliphatic heterocycles. The third-order valence-corrected chi connectivity index (χ3v) is 4.75. The highest BCUT2D eigenvalue weighted by atomic mass is 35.5. The van der Waals surface area contributed by atoms with Crippen molar-refractivity contribution >= 4 is 24.2 Å². The summed E-state index contributed by atoms with van der Waals surface area (Å²) in [5, 5.41) is 6.29. The maximum absolute atomic E-state index is 12.2. The van der Waals surface area contributed by atoms with Crippen molar-refractivity contribution in [2.24, 2.45) is 11.8 Å². The molecule has 0 saturated carbocycles. The Morgan fingerprint density at radius 2 is 2.04 bits per heavy atom. The molecule has 0 radical (unpaired) electrons. The summed E-state index contributed by atoms with van der Waals surface area (Å²) in [5.41, 5.74) is 0. The fourth-order valence-corrected chi connectivity index (χ4v) is 3.30. The number of amides is 2. The van der Waals surface area contributed by atoms with Crippen LogP contribution in [0.15, 0.2) is 0 Å². The van der Waals surface area contributed by atoms with Gasteiger partial charge in [0, 0.05) is 26.1 Å². The third-order valence-electron chi connectivity index (χ3n) is 4.75. The first-order valence-electron chi connectivity index (χ1n) is 8.85. The van der Waals surface area contributed by atoms with Gasteiger partial charge in [0.05, 0.1) is 6.04 Å². The van der Waals surface area contributed by atoms with E-state index < -0.39 is 0 Å². The Morgan fingerprint density at radius 3 is 2.70 bits per heavy atom. The van der Waals surface area contributed by atoms with Crippen LogP contribution in [0.5, 0.6) is 0 Å². The number of nitrogens with zero attached hydrogens (tertiary/aromatic N) is 1. The average molecular weight is 346 g/mol. The summed E-state index contributed by atoms with van der Waals surface area (Å²) in [6, 6.07) is -0.00707. The third kappa shape index (κ3) is 6.68. The van der Waals surface area contributed by atoms with Gasteiger partial charge in [-0.2, -0.15) is 0 Å². The molecule has 2 unspecified atom stereocenters. The normalized spacial score (nSPS) is 24.4. The second kappa shape index (κ2) is 10.1. The molecule has 2 aliphatic rings. The maximum atomic E-state index is 12.2. The fraction of sp³-hybridized carbons (Fsp3) is 0.882. The molecule has 6 heteroatoms. The minimum Gasteiger partial charge on any atom is -0.354 e. The van der Waals surface area contributed by atoms with Crippen LogP contribution in [0.3, 0.4) is 0 Å². The number of rotatable bonds is 6. The second-order valence-electron chi connectivity index (χ2n) is 7.17. The summed E-state index contributed by atoms with van der Waals surface area (Å²) < 4.78 is 0. The van der Waals surface area contributed by atoms with Crippen molar-refractivity contribution < 1.29 is 9.59 Å². The summed E-state index contributed by atoms with van der Waals surface area (Å²) in [5.74, 6) is 1.38. The van der Waals surface area contributed by atoms with Crippen molar-refractivity contribution in [3.8, 4) is 0 Å². The van der Waals surface area contributed by atoms with Crippen LogP contribution in [0.25, 0.3) is 0 Å². The van der Waals surface area contributed by atoms with Crippen LogP contribution in [-0.2, 0) is 9.59 Å². The summed E-state index contributed by atoms with van der Waals surface area (Å²) in [6.07, 6.45) is 5.80. The lowest BCUT2D eigenvalue weighted by Crippen LogP contribution is -2.46. The van der Waals surface area contributed by atoms with Gasteiger partial charge in [-0.05, 0) is 50.5 Å². The highest BCUT2D eigenvalue weighted by molar-refractivity contribution is 5.85. The predicted molar refractivity (Wildman–Crippen MR) is 94.7 cm³/mol. The Bertz CT molecular complexity index is 384. The number of likely N-dealkylation sites (tertiary alicyclic amines) is 1. The topological polar surface area (TPSA) is 61.4 Å². The number of nitrogens with one attached hydrogen (secondary N) is 2. The Labute approximate surface area is 146 Å². The molecule has 0 bridgehead atoms. The molecule has 2 rings (SSSR count). The highest BCUT2D eigenvalue weighted by Gasteiger charge is 2.26. The Kier molecular flexibility index (Phi) is 8.92. The van der Waals surface area contributed by atoms with Crippen molar-refractivity contribution in [2.75, 3.05) is 26.2 Å². The highest BCUT2D eigenvalue weighted by Crippen LogP contribution is 2.18. The molecule has 134 valence electrons. The van der Waals surface area contributed by atoms with Crippen LogP contribution in [-0.4, -0.2) is 48.9 Å². The molecule has 2 atom stereocenters. The molecule has 2 heterocycles. The van der Waals surface area contributed by atoms with Crippen LogP contribution in [0, 0.1) is 11.8 Å². The van der Waals surface area contributed by atoms with Gasteiger partial charge in [-0.3, -0.25) is 9.59 Å². The molecule has 0 spiro atoms. The van der Waals surface area contributed by atoms with Gasteiger partial charge in [0.25, 0.3) is 0 Å². The zero-order valence-electron chi connectivity index (χ0n) is 14.5. The van der Waals surface area contributed by atoms with E-state index >= 15 is 0 Å². The van der Waals surface area contributed by atoms with E-state index in [2.05, 4.69) is 24.5 Å². The van der Waals surface area contributed by atoms with Crippen LogP contribution in [0.1, 0.15) is 52.4 Å². The lowest BCUT2D eigenvalue weighted by atomic mass is 9.97. The van der Waals surface area contributed by atoms with E-state index in [4.69, 9.17) is 0 Å². The molecule has 2 saturated heterocycles. The van der Waals surface area contributed by atoms with Gasteiger partial charge < -0.3 is 15.5 Å². The lowest BCUT2D eigenvalue weighted by Gasteiger charge is -2.33. The molecular formula is C17H32ClN3O2. The van der Waals surface area contributed by atoms with Gasteiger partial charge in [-0.15, -0.1) is 12.4 Å². The van der Waals surface area contributed by atoms with Gasteiger partial charge in [-0.1, -0.05) is 13.8 Å². The molecule has 0 aromatic carbocycles. The number of halogens is 1. The van der Waals surface area contributed by atoms with E-state index in [0.717, 1.165) is 51.7 Å². The van der Waals surface area contributed by atoms with Crippen molar-refractivity contribution in [3.05, 3.63) is 0 Å². The van der Waals surface area contributed by atoms with Crippen LogP contribution < -0.4 is 10.6 Å². The molecule has 0 aliphatic carbocycles. The number of carbonyl (C=O) groups is 2. The molecule has 23 heavy (non-hydrogen) atoms. The quantitative estimate of drug-likeness (QED) is 0.773. The summed E-state index contributed by atoms with van der Waals surface area (Å²) in [7, 11) is 0. The Morgan fingerprint density at radius 1 is 1.26 bits per heavy atom. The van der Waals surface area contributed by atoms with Crippen LogP contribution in [0.4, 0.5) is 0 Å². The van der Waals surface area contributed by atoms with Crippen molar-refractivity contribution in [1.82, 2.24) is 15.5 Å². The molecule has 5 nitrogen and oxygen atoms in total. The average Bonchev–Trinajstić information content (AvgIpc) is 3.05. The van der Waals surface area contributed by atoms with Crippen LogP contribution >= 0.6 is 12.4 Å². The Balaban J connectivity index is 0.00000264. The van der Waals surface area contributed by atoms with Gasteiger partial charge in [-0.25, -0.2) is 0 Å². The predicted octanol–water partition coefficient (Wildman–Crippen LogP) is 1.95. The van der Waals surface area contributed by atoms with Gasteiger partial charge in [0.1, 0.15) is 0 Å². The van der Waals surface area contributed by atoms with E-state index in [1.165, 1.54) is 0 Å². The smallest absolute Gasteiger partial charge is 0.237 e. The zero-order valence-corrected chi connectivity index (χ0v) is 15.3. The lowest BCUT2D eigenvalue weighted by molar-refractivity contribution is -0.133. The molecule has 2 fully saturated rings. The van der Waals surface area contributed by atoms with Crippen molar-refractivity contribution in [2.45, 2.75) is 58.4 Å². The number of piperidine rings is 1. The Hall–Kier alpha value is -0.810. The van der Waals surface area contributed by atoms with E-state index in [1.54, 1.807) is 0 Å². The fourth-order valence-electron chi connectivity index (χ4n) is 3.30. The van der Waals surface area contributed by atoms with Gasteiger partial charge in [0.2, 0.25) is 11.8 Å². The van der Waals surface area contributed by atoms with E-state index in [9.17, 15) is 9.59 Å². The van der Waals surface area contributed by atoms with Crippen molar-refractivity contribution in [1.29, 1.82) is 0 Å². The molecule has 2 N–H and O–H groups in total. The summed E-state index contributed by atoms with van der Waals surface area (Å²) >= 11 is 0. The SMILES string of the molecule is CC(C)CCC(=O)N1CCCC(CNC(=O)C2CCCN2)C1.Cl. The first kappa shape index (κ1) is 20.2. The van der Waals surface area contributed by atoms with Crippen molar-refractivity contribution in [3.63, 3.8) is 0 Å². The summed E-state index contributed by atoms with van der Waals surface area (Å²) in [6.45, 7) is 7.63. The first-order valence-corrected chi connectivity index (χ1v) is 8.85. The number of carbonyl (C=O) groups excluding carboxylic acids is 2. The standard InChI is InChI=1S/C17H31N3O2.ClH/c1-13(2)7-8-16(21)20-10-4-5-14(12-20)11-19-17(22)15-6-3-9-18-15;/h13-15,18H,3-12H2,1-2H3,(H,19,22);1H. The first-order chi connectivity index (χ1) is 10.6. The largest absolute Gasteiger partial charge is 0.354 e. The van der Waals surface area contributed by atoms with E-state index in [0.29, 0.717) is 24.8 Å².